The molecule has 0 bridgehead atoms. The van der Waals surface area contributed by atoms with Gasteiger partial charge >= 0.3 is 5.97 Å². The third-order valence-electron chi connectivity index (χ3n) is 4.38. The Labute approximate surface area is 154 Å². The van der Waals surface area contributed by atoms with Crippen LogP contribution in [0.25, 0.3) is 0 Å². The number of carboxylic acids is 1. The van der Waals surface area contributed by atoms with Gasteiger partial charge in [0.15, 0.2) is 0 Å². The molecule has 1 aliphatic heterocycles. The number of carbonyl (C=O) groups is 2. The van der Waals surface area contributed by atoms with Crippen molar-refractivity contribution in [2.45, 2.75) is 50.5 Å². The van der Waals surface area contributed by atoms with Crippen molar-refractivity contribution < 1.29 is 23.1 Å². The van der Waals surface area contributed by atoms with Gasteiger partial charge in [-0.2, -0.15) is 4.31 Å². The minimum atomic E-state index is -3.55. The van der Waals surface area contributed by atoms with Crippen LogP contribution in [0.3, 0.4) is 0 Å². The van der Waals surface area contributed by atoms with Gasteiger partial charge in [-0.3, -0.25) is 4.79 Å². The lowest BCUT2D eigenvalue weighted by molar-refractivity contribution is -0.139. The van der Waals surface area contributed by atoms with Crippen LogP contribution in [0.4, 0.5) is 0 Å². The minimum Gasteiger partial charge on any atom is -0.480 e. The Hall–Kier alpha value is -1.93. The van der Waals surface area contributed by atoms with Crippen LogP contribution in [0.2, 0.25) is 0 Å². The number of carbonyl (C=O) groups excluding carboxylic acids is 1. The molecule has 2 rings (SSSR count). The first-order valence-corrected chi connectivity index (χ1v) is 10.3. The van der Waals surface area contributed by atoms with Gasteiger partial charge < -0.3 is 10.4 Å². The molecule has 1 saturated heterocycles. The molecule has 8 heteroatoms. The van der Waals surface area contributed by atoms with Gasteiger partial charge in [-0.15, -0.1) is 0 Å². The topological polar surface area (TPSA) is 104 Å². The molecule has 1 fully saturated rings. The van der Waals surface area contributed by atoms with Crippen molar-refractivity contribution in [3.63, 3.8) is 0 Å². The molecule has 144 valence electrons. The predicted molar refractivity (Wildman–Crippen MR) is 97.4 cm³/mol. The average molecular weight is 382 g/mol. The Kier molecular flexibility index (Phi) is 6.77. The van der Waals surface area contributed by atoms with Crippen LogP contribution in [0, 0.1) is 5.92 Å². The van der Waals surface area contributed by atoms with E-state index >= 15 is 0 Å². The molecular weight excluding hydrogens is 356 g/mol. The number of carboxylic acid groups (broad SMARTS) is 1. The van der Waals surface area contributed by atoms with Crippen molar-refractivity contribution in [3.8, 4) is 0 Å². The first kappa shape index (κ1) is 20.4. The number of hydrogen-bond acceptors (Lipinski definition) is 4. The van der Waals surface area contributed by atoms with Crippen molar-refractivity contribution >= 4 is 21.9 Å². The maximum absolute atomic E-state index is 12.6. The van der Waals surface area contributed by atoms with Gasteiger partial charge in [-0.25, -0.2) is 13.2 Å². The molecule has 26 heavy (non-hydrogen) atoms. The fourth-order valence-corrected chi connectivity index (χ4v) is 4.48. The lowest BCUT2D eigenvalue weighted by Crippen LogP contribution is -2.41. The summed E-state index contributed by atoms with van der Waals surface area (Å²) in [5.74, 6) is -1.50. The molecular formula is C18H26N2O5S. The van der Waals surface area contributed by atoms with Crippen LogP contribution in [-0.2, 0) is 14.8 Å². The summed E-state index contributed by atoms with van der Waals surface area (Å²) in [6.07, 6.45) is 3.06. The Balaban J connectivity index is 2.10. The quantitative estimate of drug-likeness (QED) is 0.751. The molecule has 1 aromatic carbocycles. The number of piperidine rings is 1. The molecule has 0 unspecified atom stereocenters. The minimum absolute atomic E-state index is 0.119. The van der Waals surface area contributed by atoms with Crippen LogP contribution in [0.15, 0.2) is 29.2 Å². The van der Waals surface area contributed by atoms with Gasteiger partial charge in [0.05, 0.1) is 4.90 Å². The van der Waals surface area contributed by atoms with Crippen LogP contribution in [-0.4, -0.2) is 48.8 Å². The number of hydrogen-bond donors (Lipinski definition) is 2. The van der Waals surface area contributed by atoms with E-state index in [1.54, 1.807) is 0 Å². The predicted octanol–water partition coefficient (Wildman–Crippen LogP) is 2.09. The molecule has 2 N–H and O–H groups in total. The molecule has 0 spiro atoms. The number of nitrogens with one attached hydrogen (secondary N) is 1. The normalized spacial score (nSPS) is 17.0. The number of sulfonamides is 1. The monoisotopic (exact) mass is 382 g/mol. The van der Waals surface area contributed by atoms with E-state index in [9.17, 15) is 23.1 Å². The second-order valence-electron chi connectivity index (χ2n) is 6.98. The van der Waals surface area contributed by atoms with Crippen LogP contribution >= 0.6 is 0 Å². The summed E-state index contributed by atoms with van der Waals surface area (Å²) in [6, 6.07) is 4.66. The lowest BCUT2D eigenvalue weighted by atomic mass is 10.0. The Morgan fingerprint density at radius 2 is 1.69 bits per heavy atom. The zero-order valence-corrected chi connectivity index (χ0v) is 16.0. The van der Waals surface area contributed by atoms with E-state index in [2.05, 4.69) is 5.32 Å². The van der Waals surface area contributed by atoms with Crippen molar-refractivity contribution in [1.82, 2.24) is 9.62 Å². The number of amides is 1. The second kappa shape index (κ2) is 8.64. The summed E-state index contributed by atoms with van der Waals surface area (Å²) in [6.45, 7) is 4.78. The van der Waals surface area contributed by atoms with E-state index in [1.807, 2.05) is 13.8 Å². The van der Waals surface area contributed by atoms with Gasteiger partial charge in [0.1, 0.15) is 6.04 Å². The van der Waals surface area contributed by atoms with E-state index in [0.717, 1.165) is 19.3 Å². The van der Waals surface area contributed by atoms with Crippen molar-refractivity contribution in [3.05, 3.63) is 29.8 Å². The molecule has 1 atom stereocenters. The van der Waals surface area contributed by atoms with Gasteiger partial charge in [-0.1, -0.05) is 20.3 Å². The second-order valence-corrected chi connectivity index (χ2v) is 8.92. The van der Waals surface area contributed by atoms with E-state index in [4.69, 9.17) is 0 Å². The molecule has 0 aromatic heterocycles. The zero-order valence-electron chi connectivity index (χ0n) is 15.1. The molecule has 1 heterocycles. The fourth-order valence-electron chi connectivity index (χ4n) is 2.97. The highest BCUT2D eigenvalue weighted by Crippen LogP contribution is 2.21. The molecule has 0 radical (unpaired) electrons. The summed E-state index contributed by atoms with van der Waals surface area (Å²) >= 11 is 0. The summed E-state index contributed by atoms with van der Waals surface area (Å²) in [7, 11) is -3.55. The first-order valence-electron chi connectivity index (χ1n) is 8.85. The Bertz CT molecular complexity index is 737. The summed E-state index contributed by atoms with van der Waals surface area (Å²) in [5, 5.41) is 11.7. The van der Waals surface area contributed by atoms with E-state index < -0.39 is 27.9 Å². The van der Waals surface area contributed by atoms with Crippen molar-refractivity contribution in [1.29, 1.82) is 0 Å². The van der Waals surface area contributed by atoms with Crippen LogP contribution in [0.5, 0.6) is 0 Å². The molecule has 7 nitrogen and oxygen atoms in total. The summed E-state index contributed by atoms with van der Waals surface area (Å²) in [5.41, 5.74) is 0.234. The third kappa shape index (κ3) is 5.04. The maximum atomic E-state index is 12.6. The van der Waals surface area contributed by atoms with Crippen LogP contribution in [0.1, 0.15) is 49.9 Å². The van der Waals surface area contributed by atoms with Gasteiger partial charge in [0, 0.05) is 18.7 Å². The maximum Gasteiger partial charge on any atom is 0.326 e. The third-order valence-corrected chi connectivity index (χ3v) is 6.29. The highest BCUT2D eigenvalue weighted by atomic mass is 32.2. The summed E-state index contributed by atoms with van der Waals surface area (Å²) in [4.78, 5) is 23.7. The number of nitrogens with zero attached hydrogens (tertiary/aromatic N) is 1. The van der Waals surface area contributed by atoms with Crippen LogP contribution < -0.4 is 5.32 Å². The number of benzene rings is 1. The Morgan fingerprint density at radius 3 is 2.19 bits per heavy atom. The fraction of sp³-hybridized carbons (Fsp3) is 0.556. The average Bonchev–Trinajstić information content (AvgIpc) is 2.61. The molecule has 1 aliphatic rings. The molecule has 1 aromatic rings. The first-order chi connectivity index (χ1) is 12.2. The number of rotatable bonds is 7. The van der Waals surface area contributed by atoms with E-state index in [0.29, 0.717) is 19.5 Å². The Morgan fingerprint density at radius 1 is 1.12 bits per heavy atom. The summed E-state index contributed by atoms with van der Waals surface area (Å²) < 4.78 is 26.7. The lowest BCUT2D eigenvalue weighted by Gasteiger charge is -2.25. The van der Waals surface area contributed by atoms with E-state index in [-0.39, 0.29) is 16.4 Å². The van der Waals surface area contributed by atoms with Gasteiger partial charge in [0.25, 0.3) is 5.91 Å². The van der Waals surface area contributed by atoms with Crippen molar-refractivity contribution in [2.75, 3.05) is 13.1 Å². The highest BCUT2D eigenvalue weighted by molar-refractivity contribution is 7.89. The smallest absolute Gasteiger partial charge is 0.326 e. The van der Waals surface area contributed by atoms with Gasteiger partial charge in [0.2, 0.25) is 10.0 Å². The molecule has 0 aliphatic carbocycles. The standard InChI is InChI=1S/C18H26N2O5S/c1-13(2)12-16(18(22)23)19-17(21)14-6-8-15(9-7-14)26(24,25)20-10-4-3-5-11-20/h6-9,13,16H,3-5,10-12H2,1-2H3,(H,19,21)(H,22,23)/t16-/m0/s1. The number of aliphatic carboxylic acids is 1. The molecule has 1 amide bonds. The molecule has 0 saturated carbocycles. The SMILES string of the molecule is CC(C)C[C@H](NC(=O)c1ccc(S(=O)(=O)N2CCCCC2)cc1)C(=O)O. The van der Waals surface area contributed by atoms with Crippen molar-refractivity contribution in [2.24, 2.45) is 5.92 Å². The zero-order chi connectivity index (χ0) is 19.3. The highest BCUT2D eigenvalue weighted by Gasteiger charge is 2.26. The van der Waals surface area contributed by atoms with Gasteiger partial charge in [-0.05, 0) is 49.4 Å². The largest absolute Gasteiger partial charge is 0.480 e. The van der Waals surface area contributed by atoms with E-state index in [1.165, 1.54) is 28.6 Å².